The van der Waals surface area contributed by atoms with Gasteiger partial charge in [0.05, 0.1) is 0 Å². The molecule has 0 heterocycles. The lowest BCUT2D eigenvalue weighted by Crippen LogP contribution is -2.39. The second-order valence-corrected chi connectivity index (χ2v) is 4.14. The van der Waals surface area contributed by atoms with Crippen molar-refractivity contribution in [2.75, 3.05) is 7.05 Å². The Hall–Kier alpha value is -0.730. The highest BCUT2D eigenvalue weighted by Gasteiger charge is 2.42. The molecule has 0 aromatic rings. The Morgan fingerprint density at radius 1 is 1.42 bits per heavy atom. The molecule has 12 heavy (non-hydrogen) atoms. The van der Waals surface area contributed by atoms with Gasteiger partial charge in [0.25, 0.3) is 0 Å². The Kier molecular flexibility index (Phi) is 1.74. The summed E-state index contributed by atoms with van der Waals surface area (Å²) in [6.07, 6.45) is 4.17. The van der Waals surface area contributed by atoms with Crippen molar-refractivity contribution in [3.05, 3.63) is 0 Å². The third-order valence-corrected chi connectivity index (χ3v) is 3.50. The van der Waals surface area contributed by atoms with E-state index in [1.807, 2.05) is 0 Å². The van der Waals surface area contributed by atoms with Crippen molar-refractivity contribution >= 4 is 6.09 Å². The smallest absolute Gasteiger partial charge is 0.407 e. The monoisotopic (exact) mass is 169 g/mol. The molecule has 2 bridgehead atoms. The van der Waals surface area contributed by atoms with Gasteiger partial charge >= 0.3 is 6.09 Å². The molecule has 1 amide bonds. The topological polar surface area (TPSA) is 40.5 Å². The van der Waals surface area contributed by atoms with Crippen LogP contribution in [0, 0.1) is 11.8 Å². The van der Waals surface area contributed by atoms with E-state index in [2.05, 4.69) is 0 Å². The minimum absolute atomic E-state index is 0.321. The fourth-order valence-corrected chi connectivity index (χ4v) is 2.83. The van der Waals surface area contributed by atoms with Crippen molar-refractivity contribution in [2.45, 2.75) is 31.7 Å². The summed E-state index contributed by atoms with van der Waals surface area (Å²) in [6.45, 7) is 0. The summed E-state index contributed by atoms with van der Waals surface area (Å²) < 4.78 is 0. The molecule has 2 saturated carbocycles. The number of carbonyl (C=O) groups is 1. The number of carboxylic acid groups (broad SMARTS) is 1. The lowest BCUT2D eigenvalue weighted by atomic mass is 9.95. The van der Waals surface area contributed by atoms with Crippen LogP contribution >= 0.6 is 0 Å². The highest BCUT2D eigenvalue weighted by molar-refractivity contribution is 5.65. The SMILES string of the molecule is CN(C(=O)O)C1CC2CCC1C2. The predicted octanol–water partition coefficient (Wildman–Crippen LogP) is 1.78. The van der Waals surface area contributed by atoms with Crippen molar-refractivity contribution in [3.63, 3.8) is 0 Å². The Morgan fingerprint density at radius 2 is 2.17 bits per heavy atom. The molecule has 0 aromatic heterocycles. The van der Waals surface area contributed by atoms with E-state index < -0.39 is 6.09 Å². The molecule has 0 saturated heterocycles. The minimum Gasteiger partial charge on any atom is -0.465 e. The van der Waals surface area contributed by atoms with Gasteiger partial charge in [-0.25, -0.2) is 4.79 Å². The number of rotatable bonds is 1. The predicted molar refractivity (Wildman–Crippen MR) is 45.0 cm³/mol. The lowest BCUT2D eigenvalue weighted by Gasteiger charge is -2.29. The maximum absolute atomic E-state index is 10.7. The largest absolute Gasteiger partial charge is 0.465 e. The molecule has 2 fully saturated rings. The van der Waals surface area contributed by atoms with Crippen molar-refractivity contribution in [1.29, 1.82) is 0 Å². The third kappa shape index (κ3) is 1.08. The maximum atomic E-state index is 10.7. The van der Waals surface area contributed by atoms with Crippen LogP contribution in [0.2, 0.25) is 0 Å². The van der Waals surface area contributed by atoms with E-state index in [4.69, 9.17) is 5.11 Å². The number of amides is 1. The first-order valence-electron chi connectivity index (χ1n) is 4.64. The van der Waals surface area contributed by atoms with E-state index in [0.29, 0.717) is 12.0 Å². The van der Waals surface area contributed by atoms with Crippen molar-refractivity contribution < 1.29 is 9.90 Å². The Bertz CT molecular complexity index is 205. The summed E-state index contributed by atoms with van der Waals surface area (Å²) in [4.78, 5) is 12.2. The van der Waals surface area contributed by atoms with Crippen LogP contribution in [0.4, 0.5) is 4.79 Å². The zero-order valence-corrected chi connectivity index (χ0v) is 7.36. The first kappa shape index (κ1) is 7.90. The quantitative estimate of drug-likeness (QED) is 0.650. The van der Waals surface area contributed by atoms with Crippen molar-refractivity contribution in [3.8, 4) is 0 Å². The molecule has 0 aromatic carbocycles. The lowest BCUT2D eigenvalue weighted by molar-refractivity contribution is 0.121. The summed E-state index contributed by atoms with van der Waals surface area (Å²) in [5, 5.41) is 8.80. The van der Waals surface area contributed by atoms with Crippen LogP contribution < -0.4 is 0 Å². The third-order valence-electron chi connectivity index (χ3n) is 3.50. The fourth-order valence-electron chi connectivity index (χ4n) is 2.83. The summed E-state index contributed by atoms with van der Waals surface area (Å²) in [5.41, 5.74) is 0. The summed E-state index contributed by atoms with van der Waals surface area (Å²) in [5.74, 6) is 1.48. The number of hydrogen-bond acceptors (Lipinski definition) is 1. The standard InChI is InChI=1S/C9H15NO2/c1-10(9(11)12)8-5-6-2-3-7(8)4-6/h6-8H,2-5H2,1H3,(H,11,12). The van der Waals surface area contributed by atoms with E-state index in [0.717, 1.165) is 12.3 Å². The molecule has 2 aliphatic carbocycles. The van der Waals surface area contributed by atoms with E-state index in [1.165, 1.54) is 24.2 Å². The van der Waals surface area contributed by atoms with Crippen LogP contribution in [0.25, 0.3) is 0 Å². The average molecular weight is 169 g/mol. The molecule has 0 aliphatic heterocycles. The van der Waals surface area contributed by atoms with E-state index in [9.17, 15) is 4.79 Å². The van der Waals surface area contributed by atoms with Crippen LogP contribution in [0.5, 0.6) is 0 Å². The van der Waals surface area contributed by atoms with E-state index >= 15 is 0 Å². The zero-order valence-electron chi connectivity index (χ0n) is 7.36. The van der Waals surface area contributed by atoms with Crippen LogP contribution in [0.3, 0.4) is 0 Å². The van der Waals surface area contributed by atoms with Gasteiger partial charge in [0.15, 0.2) is 0 Å². The Labute approximate surface area is 72.4 Å². The van der Waals surface area contributed by atoms with Gasteiger partial charge in [0, 0.05) is 13.1 Å². The molecule has 0 radical (unpaired) electrons. The van der Waals surface area contributed by atoms with Gasteiger partial charge in [-0.2, -0.15) is 0 Å². The van der Waals surface area contributed by atoms with Gasteiger partial charge in [-0.3, -0.25) is 0 Å². The first-order chi connectivity index (χ1) is 5.68. The van der Waals surface area contributed by atoms with Gasteiger partial charge < -0.3 is 10.0 Å². The van der Waals surface area contributed by atoms with Crippen molar-refractivity contribution in [1.82, 2.24) is 4.90 Å². The molecule has 0 spiro atoms. The molecular weight excluding hydrogens is 154 g/mol. The van der Waals surface area contributed by atoms with Gasteiger partial charge in [-0.05, 0) is 31.1 Å². The Morgan fingerprint density at radius 3 is 2.58 bits per heavy atom. The Balaban J connectivity index is 2.02. The van der Waals surface area contributed by atoms with Crippen LogP contribution in [-0.2, 0) is 0 Å². The van der Waals surface area contributed by atoms with Crippen molar-refractivity contribution in [2.24, 2.45) is 11.8 Å². The summed E-state index contributed by atoms with van der Waals surface area (Å²) >= 11 is 0. The molecule has 2 rings (SSSR count). The van der Waals surface area contributed by atoms with Gasteiger partial charge in [-0.1, -0.05) is 6.42 Å². The highest BCUT2D eigenvalue weighted by Crippen LogP contribution is 2.46. The maximum Gasteiger partial charge on any atom is 0.407 e. The van der Waals surface area contributed by atoms with E-state index in [1.54, 1.807) is 7.05 Å². The highest BCUT2D eigenvalue weighted by atomic mass is 16.4. The zero-order chi connectivity index (χ0) is 8.72. The molecular formula is C9H15NO2. The average Bonchev–Trinajstić information content (AvgIpc) is 2.62. The summed E-state index contributed by atoms with van der Waals surface area (Å²) in [7, 11) is 1.70. The van der Waals surface area contributed by atoms with Crippen LogP contribution in [0.15, 0.2) is 0 Å². The molecule has 2 aliphatic rings. The van der Waals surface area contributed by atoms with Gasteiger partial charge in [0.1, 0.15) is 0 Å². The molecule has 3 atom stereocenters. The van der Waals surface area contributed by atoms with E-state index in [-0.39, 0.29) is 0 Å². The molecule has 68 valence electrons. The second-order valence-electron chi connectivity index (χ2n) is 4.14. The number of nitrogens with zero attached hydrogens (tertiary/aromatic N) is 1. The molecule has 3 unspecified atom stereocenters. The normalized spacial score (nSPS) is 38.6. The van der Waals surface area contributed by atoms with Gasteiger partial charge in [0.2, 0.25) is 0 Å². The van der Waals surface area contributed by atoms with Gasteiger partial charge in [-0.15, -0.1) is 0 Å². The minimum atomic E-state index is -0.771. The first-order valence-corrected chi connectivity index (χ1v) is 4.64. The number of hydrogen-bond donors (Lipinski definition) is 1. The summed E-state index contributed by atoms with van der Waals surface area (Å²) in [6, 6.07) is 0.321. The molecule has 1 N–H and O–H groups in total. The fraction of sp³-hybridized carbons (Fsp3) is 0.889. The second kappa shape index (κ2) is 2.64. The molecule has 3 nitrogen and oxygen atoms in total. The number of fused-ring (bicyclic) bond motifs is 2. The molecule has 3 heteroatoms. The van der Waals surface area contributed by atoms with Crippen LogP contribution in [-0.4, -0.2) is 29.2 Å². The van der Waals surface area contributed by atoms with Crippen LogP contribution in [0.1, 0.15) is 25.7 Å².